The predicted octanol–water partition coefficient (Wildman–Crippen LogP) is 3.26. The maximum atomic E-state index is 3.84. The second-order valence-corrected chi connectivity index (χ2v) is 6.17. The van der Waals surface area contributed by atoms with E-state index in [1.54, 1.807) is 12.7 Å². The Kier molecular flexibility index (Phi) is 3.01. The maximum absolute atomic E-state index is 3.84. The molecule has 1 unspecified atom stereocenters. The lowest BCUT2D eigenvalue weighted by atomic mass is 9.92. The summed E-state index contributed by atoms with van der Waals surface area (Å²) in [5, 5.41) is 11.3. The Morgan fingerprint density at radius 3 is 2.74 bits per heavy atom. The smallest absolute Gasteiger partial charge is 0.123 e. The minimum absolute atomic E-state index is 0.476. The molecule has 0 bridgehead atoms. The third kappa shape index (κ3) is 2.78. The topological polar surface area (TPSA) is 42.7 Å². The van der Waals surface area contributed by atoms with E-state index in [9.17, 15) is 0 Å². The van der Waals surface area contributed by atoms with Gasteiger partial charge in [0.15, 0.2) is 0 Å². The Morgan fingerprint density at radius 1 is 1.26 bits per heavy atom. The maximum Gasteiger partial charge on any atom is 0.123 e. The molecule has 1 aromatic carbocycles. The van der Waals surface area contributed by atoms with Crippen LogP contribution in [0.15, 0.2) is 36.9 Å². The molecule has 1 aliphatic carbocycles. The van der Waals surface area contributed by atoms with Gasteiger partial charge in [-0.3, -0.25) is 4.57 Å². The van der Waals surface area contributed by atoms with E-state index in [1.807, 2.05) is 4.57 Å². The molecule has 0 amide bonds. The number of rotatable bonds is 3. The van der Waals surface area contributed by atoms with Crippen LogP contribution >= 0.6 is 0 Å². The number of anilines is 1. The molecule has 1 fully saturated rings. The second kappa shape index (κ2) is 4.68. The molecule has 100 valence electrons. The lowest BCUT2D eigenvalue weighted by Gasteiger charge is -2.19. The highest BCUT2D eigenvalue weighted by Gasteiger charge is 2.30. The average molecular weight is 256 g/mol. The summed E-state index contributed by atoms with van der Waals surface area (Å²) in [6.45, 7) is 4.70. The van der Waals surface area contributed by atoms with E-state index in [2.05, 4.69) is 53.6 Å². The molecule has 1 saturated carbocycles. The second-order valence-electron chi connectivity index (χ2n) is 6.17. The van der Waals surface area contributed by atoms with Gasteiger partial charge in [0.05, 0.1) is 5.69 Å². The molecule has 4 nitrogen and oxygen atoms in total. The van der Waals surface area contributed by atoms with E-state index in [4.69, 9.17) is 0 Å². The fourth-order valence-electron chi connectivity index (χ4n) is 2.89. The molecule has 0 aliphatic heterocycles. The molecule has 0 spiro atoms. The third-order valence-electron chi connectivity index (χ3n) is 3.90. The molecule has 4 heteroatoms. The summed E-state index contributed by atoms with van der Waals surface area (Å²) < 4.78 is 1.92. The zero-order chi connectivity index (χ0) is 13.3. The summed E-state index contributed by atoms with van der Waals surface area (Å²) in [4.78, 5) is 0. The molecular formula is C15H20N4. The van der Waals surface area contributed by atoms with E-state index in [-0.39, 0.29) is 0 Å². The minimum atomic E-state index is 0.476. The highest BCUT2D eigenvalue weighted by atomic mass is 15.2. The van der Waals surface area contributed by atoms with Crippen molar-refractivity contribution in [2.24, 2.45) is 5.41 Å². The molecule has 3 rings (SSSR count). The van der Waals surface area contributed by atoms with Gasteiger partial charge in [0.2, 0.25) is 0 Å². The normalized spacial score (nSPS) is 21.5. The van der Waals surface area contributed by atoms with E-state index in [0.29, 0.717) is 11.5 Å². The summed E-state index contributed by atoms with van der Waals surface area (Å²) in [6, 6.07) is 8.99. The zero-order valence-corrected chi connectivity index (χ0v) is 11.5. The van der Waals surface area contributed by atoms with Gasteiger partial charge in [-0.2, -0.15) is 0 Å². The summed E-state index contributed by atoms with van der Waals surface area (Å²) in [6.07, 6.45) is 7.24. The van der Waals surface area contributed by atoms with Gasteiger partial charge < -0.3 is 5.32 Å². The van der Waals surface area contributed by atoms with Crippen LogP contribution in [0, 0.1) is 5.41 Å². The fraction of sp³-hybridized carbons (Fsp3) is 0.467. The van der Waals surface area contributed by atoms with Gasteiger partial charge in [-0.15, -0.1) is 10.2 Å². The zero-order valence-electron chi connectivity index (χ0n) is 11.5. The quantitative estimate of drug-likeness (QED) is 0.916. The third-order valence-corrected chi connectivity index (χ3v) is 3.90. The number of nitrogens with zero attached hydrogens (tertiary/aromatic N) is 3. The Labute approximate surface area is 113 Å². The highest BCUT2D eigenvalue weighted by molar-refractivity contribution is 5.51. The molecule has 1 N–H and O–H groups in total. The van der Waals surface area contributed by atoms with Gasteiger partial charge in [0, 0.05) is 11.7 Å². The molecule has 2 aromatic rings. The van der Waals surface area contributed by atoms with Gasteiger partial charge in [0.1, 0.15) is 12.7 Å². The average Bonchev–Trinajstić information content (AvgIpc) is 2.99. The van der Waals surface area contributed by atoms with Crippen molar-refractivity contribution < 1.29 is 0 Å². The van der Waals surface area contributed by atoms with Crippen LogP contribution in [0.25, 0.3) is 5.69 Å². The van der Waals surface area contributed by atoms with Crippen LogP contribution in [0.4, 0.5) is 5.69 Å². The van der Waals surface area contributed by atoms with Crippen molar-refractivity contribution >= 4 is 5.69 Å². The van der Waals surface area contributed by atoms with Crippen molar-refractivity contribution in [1.29, 1.82) is 0 Å². The minimum Gasteiger partial charge on any atom is -0.382 e. The first-order valence-corrected chi connectivity index (χ1v) is 6.84. The van der Waals surface area contributed by atoms with Crippen LogP contribution in [0.1, 0.15) is 33.1 Å². The van der Waals surface area contributed by atoms with Gasteiger partial charge in [-0.05, 0) is 42.9 Å². The number of benzene rings is 1. The summed E-state index contributed by atoms with van der Waals surface area (Å²) in [7, 11) is 0. The van der Waals surface area contributed by atoms with Crippen molar-refractivity contribution in [1.82, 2.24) is 14.8 Å². The van der Waals surface area contributed by atoms with Crippen molar-refractivity contribution in [3.63, 3.8) is 0 Å². The van der Waals surface area contributed by atoms with Crippen LogP contribution in [-0.4, -0.2) is 20.8 Å². The molecular weight excluding hydrogens is 236 g/mol. The SMILES string of the molecule is CC1(C)CCC(Nc2cccc(-n3cnnc3)c2)C1. The lowest BCUT2D eigenvalue weighted by Crippen LogP contribution is -2.17. The first-order valence-electron chi connectivity index (χ1n) is 6.84. The molecule has 1 aliphatic rings. The van der Waals surface area contributed by atoms with Crippen LogP contribution in [0.5, 0.6) is 0 Å². The number of aromatic nitrogens is 3. The fourth-order valence-corrected chi connectivity index (χ4v) is 2.89. The van der Waals surface area contributed by atoms with Crippen molar-refractivity contribution in [3.8, 4) is 5.69 Å². The van der Waals surface area contributed by atoms with Gasteiger partial charge >= 0.3 is 0 Å². The molecule has 0 radical (unpaired) electrons. The van der Waals surface area contributed by atoms with Gasteiger partial charge in [-0.25, -0.2) is 0 Å². The van der Waals surface area contributed by atoms with Crippen LogP contribution in [0.3, 0.4) is 0 Å². The Hall–Kier alpha value is -1.84. The molecule has 19 heavy (non-hydrogen) atoms. The summed E-state index contributed by atoms with van der Waals surface area (Å²) >= 11 is 0. The predicted molar refractivity (Wildman–Crippen MR) is 76.4 cm³/mol. The molecule has 1 atom stereocenters. The summed E-state index contributed by atoms with van der Waals surface area (Å²) in [5.74, 6) is 0. The number of hydrogen-bond donors (Lipinski definition) is 1. The highest BCUT2D eigenvalue weighted by Crippen LogP contribution is 2.38. The molecule has 1 aromatic heterocycles. The monoisotopic (exact) mass is 256 g/mol. The van der Waals surface area contributed by atoms with Crippen LogP contribution in [0.2, 0.25) is 0 Å². The number of hydrogen-bond acceptors (Lipinski definition) is 3. The first-order chi connectivity index (χ1) is 9.12. The van der Waals surface area contributed by atoms with E-state index in [1.165, 1.54) is 24.9 Å². The standard InChI is InChI=1S/C15H20N4/c1-15(2)7-6-13(9-15)18-12-4-3-5-14(8-12)19-10-16-17-11-19/h3-5,8,10-11,13,18H,6-7,9H2,1-2H3. The van der Waals surface area contributed by atoms with E-state index < -0.39 is 0 Å². The Bertz CT molecular complexity index is 545. The summed E-state index contributed by atoms with van der Waals surface area (Å²) in [5.41, 5.74) is 2.74. The lowest BCUT2D eigenvalue weighted by molar-refractivity contribution is 0.378. The molecule has 0 saturated heterocycles. The Balaban J connectivity index is 1.74. The Morgan fingerprint density at radius 2 is 2.05 bits per heavy atom. The van der Waals surface area contributed by atoms with Crippen LogP contribution < -0.4 is 5.32 Å². The van der Waals surface area contributed by atoms with E-state index >= 15 is 0 Å². The number of nitrogens with one attached hydrogen (secondary N) is 1. The van der Waals surface area contributed by atoms with Crippen molar-refractivity contribution in [3.05, 3.63) is 36.9 Å². The van der Waals surface area contributed by atoms with Crippen molar-refractivity contribution in [2.75, 3.05) is 5.32 Å². The van der Waals surface area contributed by atoms with Gasteiger partial charge in [-0.1, -0.05) is 19.9 Å². The largest absolute Gasteiger partial charge is 0.382 e. The van der Waals surface area contributed by atoms with Crippen molar-refractivity contribution in [2.45, 2.75) is 39.2 Å². The van der Waals surface area contributed by atoms with Gasteiger partial charge in [0.25, 0.3) is 0 Å². The molecule has 1 heterocycles. The van der Waals surface area contributed by atoms with E-state index in [0.717, 1.165) is 5.69 Å². The first kappa shape index (κ1) is 12.2. The van der Waals surface area contributed by atoms with Crippen LogP contribution in [-0.2, 0) is 0 Å².